The van der Waals surface area contributed by atoms with Crippen molar-refractivity contribution in [3.05, 3.63) is 98.9 Å². The Balaban J connectivity index is 1.52. The molecule has 1 amide bonds. The minimum Gasteiger partial charge on any atom is -0.478 e. The summed E-state index contributed by atoms with van der Waals surface area (Å²) >= 11 is 8.21. The number of amides is 1. The predicted octanol–water partition coefficient (Wildman–Crippen LogP) is 8.34. The second-order valence-corrected chi connectivity index (χ2v) is 12.7. The molecule has 8 heteroatoms. The van der Waals surface area contributed by atoms with E-state index in [1.807, 2.05) is 36.4 Å². The molecule has 212 valence electrons. The van der Waals surface area contributed by atoms with Gasteiger partial charge < -0.3 is 10.0 Å². The van der Waals surface area contributed by atoms with Crippen LogP contribution in [0, 0.1) is 0 Å². The van der Waals surface area contributed by atoms with Crippen LogP contribution in [0.15, 0.2) is 76.6 Å². The lowest BCUT2D eigenvalue weighted by Gasteiger charge is -2.47. The SMILES string of the molecule is CCCN1c2cc(Cl)c(/C=C3/SC(=Nc4ccccc4)N(Cc4ccc(C(=O)O)cc4)C3=O)cc2C(C)CC1(C)C. The molecule has 2 heterocycles. The maximum absolute atomic E-state index is 13.8. The van der Waals surface area contributed by atoms with E-state index in [2.05, 4.69) is 44.7 Å². The van der Waals surface area contributed by atoms with Gasteiger partial charge in [0.1, 0.15) is 0 Å². The molecule has 1 atom stereocenters. The second-order valence-electron chi connectivity index (χ2n) is 11.2. The quantitative estimate of drug-likeness (QED) is 0.281. The third-order valence-corrected chi connectivity index (χ3v) is 8.98. The van der Waals surface area contributed by atoms with Crippen LogP contribution in [-0.4, -0.2) is 39.1 Å². The van der Waals surface area contributed by atoms with Gasteiger partial charge in [-0.25, -0.2) is 9.79 Å². The van der Waals surface area contributed by atoms with Gasteiger partial charge in [0, 0.05) is 22.8 Å². The van der Waals surface area contributed by atoms with E-state index in [1.54, 1.807) is 29.2 Å². The highest BCUT2D eigenvalue weighted by Crippen LogP contribution is 2.46. The van der Waals surface area contributed by atoms with Crippen LogP contribution >= 0.6 is 23.4 Å². The van der Waals surface area contributed by atoms with E-state index < -0.39 is 5.97 Å². The second kappa shape index (κ2) is 11.7. The fraction of sp³-hybridized carbons (Fsp3) is 0.303. The van der Waals surface area contributed by atoms with E-state index in [9.17, 15) is 14.7 Å². The van der Waals surface area contributed by atoms with Crippen LogP contribution in [0.5, 0.6) is 0 Å². The number of rotatable bonds is 7. The molecule has 0 aromatic heterocycles. The number of aliphatic imine (C=N–C) groups is 1. The normalized spacial score (nSPS) is 20.1. The van der Waals surface area contributed by atoms with Gasteiger partial charge in [-0.3, -0.25) is 9.69 Å². The average Bonchev–Trinajstić information content (AvgIpc) is 3.21. The summed E-state index contributed by atoms with van der Waals surface area (Å²) in [6.07, 6.45) is 3.96. The van der Waals surface area contributed by atoms with E-state index >= 15 is 0 Å². The van der Waals surface area contributed by atoms with Gasteiger partial charge >= 0.3 is 5.97 Å². The summed E-state index contributed by atoms with van der Waals surface area (Å²) in [6, 6.07) is 20.3. The van der Waals surface area contributed by atoms with Gasteiger partial charge in [-0.05, 0) is 104 Å². The van der Waals surface area contributed by atoms with Crippen molar-refractivity contribution in [2.24, 2.45) is 4.99 Å². The highest BCUT2D eigenvalue weighted by molar-refractivity contribution is 8.18. The number of aromatic carboxylic acids is 1. The number of fused-ring (bicyclic) bond motifs is 1. The molecule has 5 rings (SSSR count). The largest absolute Gasteiger partial charge is 0.478 e. The first-order valence-corrected chi connectivity index (χ1v) is 15.1. The number of benzene rings is 3. The maximum atomic E-state index is 13.8. The molecule has 2 aliphatic rings. The molecular formula is C33H34ClN3O3S. The zero-order valence-electron chi connectivity index (χ0n) is 23.7. The number of carboxylic acid groups (broad SMARTS) is 1. The zero-order chi connectivity index (χ0) is 29.3. The Labute approximate surface area is 250 Å². The third kappa shape index (κ3) is 6.07. The van der Waals surface area contributed by atoms with Crippen molar-refractivity contribution in [2.45, 2.75) is 58.5 Å². The molecule has 1 unspecified atom stereocenters. The van der Waals surface area contributed by atoms with E-state index in [4.69, 9.17) is 16.6 Å². The van der Waals surface area contributed by atoms with Gasteiger partial charge in [0.2, 0.25) is 0 Å². The lowest BCUT2D eigenvalue weighted by molar-refractivity contribution is -0.122. The Morgan fingerprint density at radius 3 is 2.51 bits per heavy atom. The third-order valence-electron chi connectivity index (χ3n) is 7.65. The number of thioether (sulfide) groups is 1. The van der Waals surface area contributed by atoms with Crippen molar-refractivity contribution < 1.29 is 14.7 Å². The molecule has 0 spiro atoms. The number of amidine groups is 1. The monoisotopic (exact) mass is 587 g/mol. The molecule has 0 radical (unpaired) electrons. The molecule has 1 N–H and O–H groups in total. The maximum Gasteiger partial charge on any atom is 0.335 e. The lowest BCUT2D eigenvalue weighted by Crippen LogP contribution is -2.48. The smallest absolute Gasteiger partial charge is 0.335 e. The summed E-state index contributed by atoms with van der Waals surface area (Å²) in [7, 11) is 0. The summed E-state index contributed by atoms with van der Waals surface area (Å²) in [5.41, 5.74) is 5.03. The van der Waals surface area contributed by atoms with Gasteiger partial charge in [-0.1, -0.05) is 55.8 Å². The van der Waals surface area contributed by atoms with Crippen LogP contribution in [-0.2, 0) is 11.3 Å². The summed E-state index contributed by atoms with van der Waals surface area (Å²) in [6.45, 7) is 10.3. The number of para-hydroxylation sites is 1. The zero-order valence-corrected chi connectivity index (χ0v) is 25.3. The van der Waals surface area contributed by atoms with Gasteiger partial charge in [-0.15, -0.1) is 0 Å². The molecule has 1 saturated heterocycles. The van der Waals surface area contributed by atoms with Crippen LogP contribution in [0.25, 0.3) is 6.08 Å². The molecule has 0 saturated carbocycles. The molecular weight excluding hydrogens is 554 g/mol. The fourth-order valence-electron chi connectivity index (χ4n) is 5.70. The summed E-state index contributed by atoms with van der Waals surface area (Å²) in [5, 5.41) is 10.4. The van der Waals surface area contributed by atoms with Gasteiger partial charge in [0.15, 0.2) is 5.17 Å². The molecule has 3 aromatic carbocycles. The summed E-state index contributed by atoms with van der Waals surface area (Å²) in [4.78, 5) is 34.5. The van der Waals surface area contributed by atoms with Crippen LogP contribution in [0.3, 0.4) is 0 Å². The molecule has 6 nitrogen and oxygen atoms in total. The van der Waals surface area contributed by atoms with Crippen LogP contribution < -0.4 is 4.90 Å². The molecule has 1 fully saturated rings. The number of anilines is 1. The first kappa shape index (κ1) is 29.0. The Morgan fingerprint density at radius 2 is 1.85 bits per heavy atom. The van der Waals surface area contributed by atoms with Crippen LogP contribution in [0.2, 0.25) is 5.02 Å². The number of halogens is 1. The van der Waals surface area contributed by atoms with E-state index in [0.717, 1.165) is 36.2 Å². The Hall–Kier alpha value is -3.55. The first-order valence-electron chi connectivity index (χ1n) is 13.9. The Morgan fingerprint density at radius 1 is 1.15 bits per heavy atom. The fourth-order valence-corrected chi connectivity index (χ4v) is 6.90. The van der Waals surface area contributed by atoms with E-state index in [0.29, 0.717) is 21.0 Å². The van der Waals surface area contributed by atoms with Crippen molar-refractivity contribution >= 4 is 57.9 Å². The first-order chi connectivity index (χ1) is 19.6. The number of carbonyl (C=O) groups excluding carboxylic acids is 1. The van der Waals surface area contributed by atoms with Crippen LogP contribution in [0.1, 0.15) is 73.5 Å². The Kier molecular flexibility index (Phi) is 8.30. The number of hydrogen-bond acceptors (Lipinski definition) is 5. The van der Waals surface area contributed by atoms with Crippen molar-refractivity contribution in [1.29, 1.82) is 0 Å². The van der Waals surface area contributed by atoms with E-state index in [1.165, 1.54) is 23.0 Å². The topological polar surface area (TPSA) is 73.2 Å². The van der Waals surface area contributed by atoms with Crippen molar-refractivity contribution in [3.8, 4) is 0 Å². The standard InChI is InChI=1S/C33H34ClN3O3S/c1-5-15-37-28-18-27(34)24(16-26(28)21(2)19-33(37,3)4)17-29-30(38)36(20-22-11-13-23(14-12-22)31(39)40)32(41-29)35-25-9-7-6-8-10-25/h6-14,16-18,21H,5,15,19-20H2,1-4H3,(H,39,40)/b29-17+,35-32?. The Bertz CT molecular complexity index is 1530. The summed E-state index contributed by atoms with van der Waals surface area (Å²) in [5.74, 6) is -0.795. The van der Waals surface area contributed by atoms with Gasteiger partial charge in [0.05, 0.1) is 22.7 Å². The van der Waals surface area contributed by atoms with Crippen molar-refractivity contribution in [3.63, 3.8) is 0 Å². The molecule has 0 aliphatic carbocycles. The number of carbonyl (C=O) groups is 2. The predicted molar refractivity (Wildman–Crippen MR) is 169 cm³/mol. The number of carboxylic acids is 1. The average molecular weight is 588 g/mol. The molecule has 3 aromatic rings. The highest BCUT2D eigenvalue weighted by Gasteiger charge is 2.37. The van der Waals surface area contributed by atoms with Crippen LogP contribution in [0.4, 0.5) is 11.4 Å². The van der Waals surface area contributed by atoms with Crippen molar-refractivity contribution in [2.75, 3.05) is 11.4 Å². The molecule has 0 bridgehead atoms. The minimum atomic E-state index is -0.987. The molecule has 2 aliphatic heterocycles. The van der Waals surface area contributed by atoms with Gasteiger partial charge in [-0.2, -0.15) is 0 Å². The lowest BCUT2D eigenvalue weighted by atomic mass is 9.79. The van der Waals surface area contributed by atoms with Gasteiger partial charge in [0.25, 0.3) is 5.91 Å². The van der Waals surface area contributed by atoms with E-state index in [-0.39, 0.29) is 23.6 Å². The summed E-state index contributed by atoms with van der Waals surface area (Å²) < 4.78 is 0. The minimum absolute atomic E-state index is 0.0367. The number of nitrogens with zero attached hydrogens (tertiary/aromatic N) is 3. The molecule has 41 heavy (non-hydrogen) atoms. The van der Waals surface area contributed by atoms with Crippen molar-refractivity contribution in [1.82, 2.24) is 4.90 Å². The highest BCUT2D eigenvalue weighted by atomic mass is 35.5. The number of hydrogen-bond donors (Lipinski definition) is 1.